The number of nitrogens with zero attached hydrogens (tertiary/aromatic N) is 1. The monoisotopic (exact) mass is 547 g/mol. The summed E-state index contributed by atoms with van der Waals surface area (Å²) in [4.78, 5) is 39.5. The van der Waals surface area contributed by atoms with E-state index in [9.17, 15) is 24.6 Å². The van der Waals surface area contributed by atoms with Gasteiger partial charge < -0.3 is 24.4 Å². The van der Waals surface area contributed by atoms with Crippen molar-refractivity contribution < 1.29 is 38.8 Å². The predicted molar refractivity (Wildman–Crippen MR) is 147 cm³/mol. The van der Waals surface area contributed by atoms with Gasteiger partial charge in [0.05, 0.1) is 20.1 Å². The number of carbonyl (C=O) groups is 3. The van der Waals surface area contributed by atoms with Gasteiger partial charge >= 0.3 is 18.0 Å². The summed E-state index contributed by atoms with van der Waals surface area (Å²) in [7, 11) is 1.44. The number of carboxylic acids is 1. The molecule has 3 aromatic rings. The Labute approximate surface area is 232 Å². The molecule has 0 saturated heterocycles. The van der Waals surface area contributed by atoms with Crippen molar-refractivity contribution in [3.05, 3.63) is 83.4 Å². The smallest absolute Gasteiger partial charge is 0.410 e. The summed E-state index contributed by atoms with van der Waals surface area (Å²) in [6.45, 7) is 4.63. The van der Waals surface area contributed by atoms with Crippen LogP contribution in [0.4, 0.5) is 4.79 Å². The maximum absolute atomic E-state index is 13.6. The number of ether oxygens (including phenoxy) is 3. The van der Waals surface area contributed by atoms with Gasteiger partial charge in [-0.25, -0.2) is 9.59 Å². The normalized spacial score (nSPS) is 13.1. The highest BCUT2D eigenvalue weighted by Gasteiger charge is 2.36. The highest BCUT2D eigenvalue weighted by atomic mass is 16.6. The standard InChI is InChI=1S/C31H33NO8/c1-31(2,3)40-28(34)16-26(29(35)36)32(17-19-13-14-20(38-4)15-27(19)33)30(37)39-18-25-23-11-7-5-9-21(23)22-10-6-8-12-24(22)25/h5-15,25-26,33H,16-18H2,1-4H3,(H,35,36)/t26-/m0/s1. The number of amides is 1. The Morgan fingerprint density at radius 3 is 2.08 bits per heavy atom. The van der Waals surface area contributed by atoms with Crippen LogP contribution in [0.25, 0.3) is 11.1 Å². The third-order valence-corrected chi connectivity index (χ3v) is 6.65. The minimum absolute atomic E-state index is 0.0449. The van der Waals surface area contributed by atoms with Gasteiger partial charge in [-0.3, -0.25) is 9.69 Å². The molecule has 2 N–H and O–H groups in total. The fraction of sp³-hybridized carbons (Fsp3) is 0.323. The second-order valence-electron chi connectivity index (χ2n) is 10.6. The minimum atomic E-state index is -1.60. The summed E-state index contributed by atoms with van der Waals surface area (Å²) in [5.41, 5.74) is 3.51. The second kappa shape index (κ2) is 11.7. The number of phenols is 1. The van der Waals surface area contributed by atoms with Crippen LogP contribution < -0.4 is 4.74 Å². The maximum atomic E-state index is 13.6. The van der Waals surface area contributed by atoms with Crippen LogP contribution in [-0.2, 0) is 25.6 Å². The lowest BCUT2D eigenvalue weighted by molar-refractivity contribution is -0.160. The van der Waals surface area contributed by atoms with Crippen molar-refractivity contribution in [3.8, 4) is 22.6 Å². The van der Waals surface area contributed by atoms with Gasteiger partial charge in [-0.1, -0.05) is 48.5 Å². The first kappa shape index (κ1) is 28.5. The molecule has 1 aliphatic carbocycles. The average Bonchev–Trinajstić information content (AvgIpc) is 3.22. The topological polar surface area (TPSA) is 123 Å². The molecule has 0 heterocycles. The molecular weight excluding hydrogens is 514 g/mol. The zero-order valence-electron chi connectivity index (χ0n) is 22.9. The van der Waals surface area contributed by atoms with E-state index in [0.717, 1.165) is 27.2 Å². The molecule has 0 fully saturated rings. The molecule has 3 aromatic carbocycles. The number of carboxylic acid groups (broad SMARTS) is 1. The van der Waals surface area contributed by atoms with Crippen LogP contribution in [0.5, 0.6) is 11.5 Å². The number of carbonyl (C=O) groups excluding carboxylic acids is 2. The number of methoxy groups -OCH3 is 1. The van der Waals surface area contributed by atoms with Gasteiger partial charge in [0, 0.05) is 17.5 Å². The van der Waals surface area contributed by atoms with Gasteiger partial charge in [0.2, 0.25) is 0 Å². The first-order chi connectivity index (χ1) is 19.0. The Kier molecular flexibility index (Phi) is 8.32. The molecule has 0 spiro atoms. The van der Waals surface area contributed by atoms with E-state index in [-0.39, 0.29) is 30.4 Å². The van der Waals surface area contributed by atoms with Gasteiger partial charge in [-0.15, -0.1) is 0 Å². The van der Waals surface area contributed by atoms with Crippen molar-refractivity contribution in [2.24, 2.45) is 0 Å². The lowest BCUT2D eigenvalue weighted by Crippen LogP contribution is -2.47. The SMILES string of the molecule is COc1ccc(CN(C(=O)OCC2c3ccccc3-c3ccccc32)[C@@H](CC(=O)OC(C)(C)C)C(=O)O)c(O)c1. The summed E-state index contributed by atoms with van der Waals surface area (Å²) in [6.07, 6.45) is -1.54. The molecule has 4 rings (SSSR count). The molecular formula is C31H33NO8. The van der Waals surface area contributed by atoms with Crippen LogP contribution in [0.15, 0.2) is 66.7 Å². The Balaban J connectivity index is 1.62. The van der Waals surface area contributed by atoms with E-state index in [1.807, 2.05) is 48.5 Å². The van der Waals surface area contributed by atoms with Crippen molar-refractivity contribution in [2.75, 3.05) is 13.7 Å². The molecule has 9 heteroatoms. The lowest BCUT2D eigenvalue weighted by atomic mass is 9.98. The molecule has 0 aromatic heterocycles. The number of esters is 1. The Bertz CT molecular complexity index is 1360. The van der Waals surface area contributed by atoms with Crippen molar-refractivity contribution in [1.29, 1.82) is 0 Å². The number of benzene rings is 3. The number of fused-ring (bicyclic) bond motifs is 3. The summed E-state index contributed by atoms with van der Waals surface area (Å²) in [5, 5.41) is 20.6. The molecule has 0 unspecified atom stereocenters. The number of aliphatic carboxylic acids is 1. The third kappa shape index (κ3) is 6.36. The number of hydrogen-bond acceptors (Lipinski definition) is 7. The molecule has 0 bridgehead atoms. The summed E-state index contributed by atoms with van der Waals surface area (Å²) >= 11 is 0. The molecule has 1 aliphatic rings. The highest BCUT2D eigenvalue weighted by Crippen LogP contribution is 2.44. The van der Waals surface area contributed by atoms with E-state index in [1.54, 1.807) is 26.8 Å². The van der Waals surface area contributed by atoms with E-state index in [0.29, 0.717) is 5.75 Å². The molecule has 0 radical (unpaired) electrons. The molecule has 1 amide bonds. The molecule has 0 saturated carbocycles. The summed E-state index contributed by atoms with van der Waals surface area (Å²) < 4.78 is 16.2. The highest BCUT2D eigenvalue weighted by molar-refractivity contribution is 5.85. The van der Waals surface area contributed by atoms with E-state index >= 15 is 0 Å². The summed E-state index contributed by atoms with van der Waals surface area (Å²) in [5.74, 6) is -2.25. The fourth-order valence-corrected chi connectivity index (χ4v) is 4.84. The predicted octanol–water partition coefficient (Wildman–Crippen LogP) is 5.34. The van der Waals surface area contributed by atoms with Gasteiger partial charge in [-0.05, 0) is 55.2 Å². The third-order valence-electron chi connectivity index (χ3n) is 6.65. The van der Waals surface area contributed by atoms with Crippen LogP contribution >= 0.6 is 0 Å². The van der Waals surface area contributed by atoms with Gasteiger partial charge in [-0.2, -0.15) is 0 Å². The van der Waals surface area contributed by atoms with Crippen LogP contribution in [0.2, 0.25) is 0 Å². The number of rotatable bonds is 9. The second-order valence-corrected chi connectivity index (χ2v) is 10.6. The van der Waals surface area contributed by atoms with Crippen molar-refractivity contribution in [2.45, 2.75) is 51.3 Å². The van der Waals surface area contributed by atoms with E-state index in [1.165, 1.54) is 19.2 Å². The first-order valence-electron chi connectivity index (χ1n) is 12.9. The fourth-order valence-electron chi connectivity index (χ4n) is 4.84. The number of hydrogen-bond donors (Lipinski definition) is 2. The number of phenolic OH excluding ortho intramolecular Hbond substituents is 1. The molecule has 9 nitrogen and oxygen atoms in total. The number of aromatic hydroxyl groups is 1. The summed E-state index contributed by atoms with van der Waals surface area (Å²) in [6, 6.07) is 18.5. The van der Waals surface area contributed by atoms with Crippen molar-refractivity contribution in [1.82, 2.24) is 4.90 Å². The minimum Gasteiger partial charge on any atom is -0.507 e. The quantitative estimate of drug-likeness (QED) is 0.345. The van der Waals surface area contributed by atoms with Crippen molar-refractivity contribution in [3.63, 3.8) is 0 Å². The largest absolute Gasteiger partial charge is 0.507 e. The van der Waals surface area contributed by atoms with Gasteiger partial charge in [0.15, 0.2) is 0 Å². The van der Waals surface area contributed by atoms with Crippen LogP contribution in [0.1, 0.15) is 49.8 Å². The maximum Gasteiger partial charge on any atom is 0.410 e. The lowest BCUT2D eigenvalue weighted by Gasteiger charge is -2.29. The molecule has 1 atom stereocenters. The van der Waals surface area contributed by atoms with E-state index < -0.39 is 36.1 Å². The van der Waals surface area contributed by atoms with Gasteiger partial charge in [0.25, 0.3) is 0 Å². The Morgan fingerprint density at radius 2 is 1.55 bits per heavy atom. The molecule has 40 heavy (non-hydrogen) atoms. The Hall–Kier alpha value is -4.53. The van der Waals surface area contributed by atoms with Crippen LogP contribution in [0.3, 0.4) is 0 Å². The van der Waals surface area contributed by atoms with Gasteiger partial charge in [0.1, 0.15) is 29.7 Å². The van der Waals surface area contributed by atoms with E-state index in [2.05, 4.69) is 0 Å². The zero-order chi connectivity index (χ0) is 29.0. The molecule has 0 aliphatic heterocycles. The average molecular weight is 548 g/mol. The zero-order valence-corrected chi connectivity index (χ0v) is 22.9. The van der Waals surface area contributed by atoms with Crippen LogP contribution in [-0.4, -0.2) is 58.5 Å². The van der Waals surface area contributed by atoms with E-state index in [4.69, 9.17) is 14.2 Å². The first-order valence-corrected chi connectivity index (χ1v) is 12.9. The van der Waals surface area contributed by atoms with Crippen molar-refractivity contribution >= 4 is 18.0 Å². The van der Waals surface area contributed by atoms with Crippen LogP contribution in [0, 0.1) is 0 Å². The Morgan fingerprint density at radius 1 is 0.950 bits per heavy atom. The molecule has 210 valence electrons.